The molecule has 0 radical (unpaired) electrons. The number of aryl methyl sites for hydroxylation is 1. The molecule has 2 heterocycles. The number of benzene rings is 2. The number of ether oxygens (including phenoxy) is 2. The Hall–Kier alpha value is -3.54. The van der Waals surface area contributed by atoms with Crippen molar-refractivity contribution >= 4 is 16.9 Å². The third kappa shape index (κ3) is 2.83. The summed E-state index contributed by atoms with van der Waals surface area (Å²) in [4.78, 5) is 28.6. The number of rotatable bonds is 3. The summed E-state index contributed by atoms with van der Waals surface area (Å²) >= 11 is 0. The average Bonchev–Trinajstić information content (AvgIpc) is 2.67. The maximum absolute atomic E-state index is 13.0. The zero-order chi connectivity index (χ0) is 19.8. The monoisotopic (exact) mass is 376 g/mol. The normalized spacial score (nSPS) is 15.9. The maximum atomic E-state index is 13.0. The van der Waals surface area contributed by atoms with Crippen LogP contribution in [0.5, 0.6) is 5.75 Å². The van der Waals surface area contributed by atoms with Gasteiger partial charge in [-0.3, -0.25) is 4.79 Å². The molecule has 1 atom stereocenters. The Morgan fingerprint density at radius 2 is 2.00 bits per heavy atom. The molecule has 1 aromatic heterocycles. The van der Waals surface area contributed by atoms with Crippen LogP contribution in [0.3, 0.4) is 0 Å². The first-order valence-corrected chi connectivity index (χ1v) is 9.07. The zero-order valence-corrected chi connectivity index (χ0v) is 15.6. The number of nitrogens with two attached hydrogens (primary N) is 1. The number of hydrogen-bond acceptors (Lipinski definition) is 5. The second-order valence-corrected chi connectivity index (χ2v) is 6.69. The number of para-hydroxylation sites is 1. The van der Waals surface area contributed by atoms with Gasteiger partial charge in [0.05, 0.1) is 23.6 Å². The lowest BCUT2D eigenvalue weighted by atomic mass is 9.82. The number of H-pyrrole nitrogens is 1. The number of hydrogen-bond donors (Lipinski definition) is 2. The third-order valence-electron chi connectivity index (χ3n) is 4.83. The van der Waals surface area contributed by atoms with Gasteiger partial charge in [-0.15, -0.1) is 0 Å². The quantitative estimate of drug-likeness (QED) is 0.685. The van der Waals surface area contributed by atoms with E-state index in [1.165, 1.54) is 0 Å². The maximum Gasteiger partial charge on any atom is 0.340 e. The second kappa shape index (κ2) is 6.88. The van der Waals surface area contributed by atoms with Crippen LogP contribution in [0, 0.1) is 6.92 Å². The van der Waals surface area contributed by atoms with E-state index in [0.29, 0.717) is 16.8 Å². The van der Waals surface area contributed by atoms with E-state index in [1.54, 1.807) is 13.0 Å². The minimum atomic E-state index is -0.684. The molecule has 0 saturated heterocycles. The number of carbonyl (C=O) groups is 1. The highest BCUT2D eigenvalue weighted by molar-refractivity contribution is 5.95. The summed E-state index contributed by atoms with van der Waals surface area (Å²) < 4.78 is 11.0. The van der Waals surface area contributed by atoms with Crippen molar-refractivity contribution in [2.45, 2.75) is 19.8 Å². The van der Waals surface area contributed by atoms with Crippen LogP contribution in [0.15, 0.2) is 64.8 Å². The third-order valence-corrected chi connectivity index (χ3v) is 4.83. The first-order chi connectivity index (χ1) is 13.5. The smallest absolute Gasteiger partial charge is 0.340 e. The van der Waals surface area contributed by atoms with Crippen molar-refractivity contribution in [1.29, 1.82) is 0 Å². The van der Waals surface area contributed by atoms with E-state index in [-0.39, 0.29) is 23.6 Å². The minimum absolute atomic E-state index is 0.0480. The zero-order valence-electron chi connectivity index (χ0n) is 15.6. The number of fused-ring (bicyclic) bond motifs is 3. The molecule has 0 amide bonds. The van der Waals surface area contributed by atoms with Gasteiger partial charge in [-0.2, -0.15) is 0 Å². The van der Waals surface area contributed by atoms with Crippen LogP contribution in [0.4, 0.5) is 0 Å². The summed E-state index contributed by atoms with van der Waals surface area (Å²) in [5, 5.41) is 0.723. The topological polar surface area (TPSA) is 94.4 Å². The Morgan fingerprint density at radius 3 is 2.75 bits per heavy atom. The average molecular weight is 376 g/mol. The second-order valence-electron chi connectivity index (χ2n) is 6.69. The van der Waals surface area contributed by atoms with Crippen molar-refractivity contribution in [3.8, 4) is 5.75 Å². The molecule has 0 unspecified atom stereocenters. The fourth-order valence-corrected chi connectivity index (χ4v) is 3.66. The Bertz CT molecular complexity index is 1180. The number of esters is 1. The predicted molar refractivity (Wildman–Crippen MR) is 106 cm³/mol. The summed E-state index contributed by atoms with van der Waals surface area (Å²) in [6, 6.07) is 15.0. The summed E-state index contributed by atoms with van der Waals surface area (Å²) in [6.07, 6.45) is 0. The molecule has 1 aliphatic heterocycles. The fourth-order valence-electron chi connectivity index (χ4n) is 3.66. The lowest BCUT2D eigenvalue weighted by molar-refractivity contribution is -0.139. The molecule has 4 rings (SSSR count). The molecule has 6 nitrogen and oxygen atoms in total. The number of aromatic nitrogens is 1. The van der Waals surface area contributed by atoms with Gasteiger partial charge in [0.25, 0.3) is 5.56 Å². The molecule has 3 N–H and O–H groups in total. The molecule has 3 aromatic rings. The molecule has 0 saturated carbocycles. The molecular formula is C22H20N2O4. The number of aromatic amines is 1. The Balaban J connectivity index is 2.05. The number of pyridine rings is 1. The van der Waals surface area contributed by atoms with Gasteiger partial charge in [0, 0.05) is 5.39 Å². The first kappa shape index (κ1) is 17.9. The van der Waals surface area contributed by atoms with Gasteiger partial charge < -0.3 is 20.2 Å². The van der Waals surface area contributed by atoms with E-state index in [2.05, 4.69) is 4.98 Å². The van der Waals surface area contributed by atoms with E-state index >= 15 is 0 Å². The van der Waals surface area contributed by atoms with Crippen molar-refractivity contribution in [3.05, 3.63) is 87.0 Å². The van der Waals surface area contributed by atoms with Crippen LogP contribution in [0.2, 0.25) is 0 Å². The molecule has 0 bridgehead atoms. The highest BCUT2D eigenvalue weighted by Gasteiger charge is 2.38. The highest BCUT2D eigenvalue weighted by atomic mass is 16.5. The number of nitrogens with one attached hydrogen (secondary N) is 1. The summed E-state index contributed by atoms with van der Waals surface area (Å²) in [5.74, 6) is -0.953. The van der Waals surface area contributed by atoms with Crippen LogP contribution < -0.4 is 16.0 Å². The van der Waals surface area contributed by atoms with Crippen molar-refractivity contribution in [1.82, 2.24) is 4.98 Å². The van der Waals surface area contributed by atoms with Crippen LogP contribution in [0.1, 0.15) is 29.5 Å². The molecule has 0 spiro atoms. The lowest BCUT2D eigenvalue weighted by Gasteiger charge is -2.28. The largest absolute Gasteiger partial charge is 0.462 e. The molecule has 0 fully saturated rings. The molecule has 1 aliphatic rings. The standard InChI is InChI=1S/C22H20N2O4/c1-3-27-22(26)18-16(13-8-6-7-12(2)11-13)17-19(28-20(18)23)14-9-4-5-10-15(14)24-21(17)25/h4-11,16H,3,23H2,1-2H3,(H,24,25)/t16-/m1/s1. The summed E-state index contributed by atoms with van der Waals surface area (Å²) in [5.41, 5.74) is 8.76. The lowest BCUT2D eigenvalue weighted by Crippen LogP contribution is -2.32. The first-order valence-electron chi connectivity index (χ1n) is 9.07. The van der Waals surface area contributed by atoms with Crippen molar-refractivity contribution in [2.24, 2.45) is 5.73 Å². The Morgan fingerprint density at radius 1 is 1.21 bits per heavy atom. The van der Waals surface area contributed by atoms with Crippen molar-refractivity contribution in [2.75, 3.05) is 6.61 Å². The SMILES string of the molecule is CCOC(=O)C1=C(N)Oc2c(c(=O)[nH]c3ccccc23)[C@H]1c1cccc(C)c1. The van der Waals surface area contributed by atoms with Gasteiger partial charge in [0.15, 0.2) is 0 Å². The van der Waals surface area contributed by atoms with Gasteiger partial charge in [0.2, 0.25) is 5.88 Å². The molecule has 28 heavy (non-hydrogen) atoms. The van der Waals surface area contributed by atoms with Gasteiger partial charge in [-0.25, -0.2) is 4.79 Å². The van der Waals surface area contributed by atoms with E-state index in [4.69, 9.17) is 15.2 Å². The molecule has 2 aromatic carbocycles. The molecule has 142 valence electrons. The van der Waals surface area contributed by atoms with E-state index in [0.717, 1.165) is 16.5 Å². The van der Waals surface area contributed by atoms with Gasteiger partial charge in [0.1, 0.15) is 11.3 Å². The number of carbonyl (C=O) groups excluding carboxylic acids is 1. The fraction of sp³-hybridized carbons (Fsp3) is 0.182. The van der Waals surface area contributed by atoms with Gasteiger partial charge >= 0.3 is 5.97 Å². The van der Waals surface area contributed by atoms with E-state index in [1.807, 2.05) is 49.4 Å². The predicted octanol–water partition coefficient (Wildman–Crippen LogP) is 3.09. The highest BCUT2D eigenvalue weighted by Crippen LogP contribution is 2.43. The van der Waals surface area contributed by atoms with E-state index in [9.17, 15) is 9.59 Å². The van der Waals surface area contributed by atoms with Gasteiger partial charge in [-0.1, -0.05) is 42.0 Å². The summed E-state index contributed by atoms with van der Waals surface area (Å²) in [6.45, 7) is 3.86. The van der Waals surface area contributed by atoms with Crippen LogP contribution >= 0.6 is 0 Å². The molecule has 0 aliphatic carbocycles. The Kier molecular flexibility index (Phi) is 4.39. The van der Waals surface area contributed by atoms with Crippen LogP contribution in [0.25, 0.3) is 10.9 Å². The van der Waals surface area contributed by atoms with E-state index < -0.39 is 11.9 Å². The summed E-state index contributed by atoms with van der Waals surface area (Å²) in [7, 11) is 0. The molecular weight excluding hydrogens is 356 g/mol. The minimum Gasteiger partial charge on any atom is -0.462 e. The van der Waals surface area contributed by atoms with Crippen molar-refractivity contribution < 1.29 is 14.3 Å². The van der Waals surface area contributed by atoms with Crippen molar-refractivity contribution in [3.63, 3.8) is 0 Å². The molecule has 6 heteroatoms. The van der Waals surface area contributed by atoms with Gasteiger partial charge in [-0.05, 0) is 31.5 Å². The Labute approximate surface area is 161 Å². The van der Waals surface area contributed by atoms with Crippen LogP contribution in [-0.4, -0.2) is 17.6 Å². The van der Waals surface area contributed by atoms with Crippen LogP contribution in [-0.2, 0) is 9.53 Å².